The first kappa shape index (κ1) is 18.0. The van der Waals surface area contributed by atoms with E-state index < -0.39 is 17.3 Å². The summed E-state index contributed by atoms with van der Waals surface area (Å²) >= 11 is 1.12. The van der Waals surface area contributed by atoms with Gasteiger partial charge in [-0.05, 0) is 20.8 Å². The van der Waals surface area contributed by atoms with Crippen LogP contribution in [0.2, 0.25) is 0 Å². The van der Waals surface area contributed by atoms with E-state index in [9.17, 15) is 14.4 Å². The molecule has 1 aromatic heterocycles. The highest BCUT2D eigenvalue weighted by molar-refractivity contribution is 8.01. The summed E-state index contributed by atoms with van der Waals surface area (Å²) in [5.74, 6) is -0.821. The fraction of sp³-hybridized carbons (Fsp3) is 0.538. The number of carbonyl (C=O) groups is 3. The molecule has 8 nitrogen and oxygen atoms in total. The van der Waals surface area contributed by atoms with Gasteiger partial charge in [0.05, 0.1) is 11.0 Å². The van der Waals surface area contributed by atoms with Crippen LogP contribution in [-0.4, -0.2) is 57.0 Å². The molecule has 22 heavy (non-hydrogen) atoms. The molecular weight excluding hydrogens is 310 g/mol. The van der Waals surface area contributed by atoms with E-state index in [4.69, 9.17) is 9.63 Å². The van der Waals surface area contributed by atoms with Crippen LogP contribution in [0.1, 0.15) is 19.6 Å². The van der Waals surface area contributed by atoms with Crippen LogP contribution in [0, 0.1) is 6.92 Å². The van der Waals surface area contributed by atoms with Crippen LogP contribution in [-0.2, 0) is 14.4 Å². The van der Waals surface area contributed by atoms with Crippen molar-refractivity contribution in [3.05, 3.63) is 11.8 Å². The number of hydrogen-bond acceptors (Lipinski definition) is 6. The summed E-state index contributed by atoms with van der Waals surface area (Å²) in [5, 5.41) is 14.6. The second kappa shape index (κ2) is 7.83. The molecule has 0 aliphatic heterocycles. The molecule has 2 atom stereocenters. The summed E-state index contributed by atoms with van der Waals surface area (Å²) in [6.07, 6.45) is 0. The molecule has 0 aromatic carbocycles. The highest BCUT2D eigenvalue weighted by atomic mass is 32.2. The summed E-state index contributed by atoms with van der Waals surface area (Å²) in [6.45, 7) is 4.79. The lowest BCUT2D eigenvalue weighted by Gasteiger charge is -2.21. The molecular formula is C13H19N3O5S. The van der Waals surface area contributed by atoms with Crippen molar-refractivity contribution >= 4 is 35.4 Å². The van der Waals surface area contributed by atoms with Crippen molar-refractivity contribution in [1.82, 2.24) is 10.1 Å². The minimum Gasteiger partial charge on any atom is -0.480 e. The highest BCUT2D eigenvalue weighted by Gasteiger charge is 2.23. The molecule has 0 bridgehead atoms. The standard InChI is InChI=1S/C13H19N3O5S/c1-7-5-10(15-21-7)14-12(18)9(3)22-6-11(17)16(4)8(2)13(19)20/h5,8-9H,6H2,1-4H3,(H,19,20)(H,14,15,18). The largest absolute Gasteiger partial charge is 0.480 e. The van der Waals surface area contributed by atoms with Gasteiger partial charge < -0.3 is 19.8 Å². The van der Waals surface area contributed by atoms with Gasteiger partial charge in [-0.15, -0.1) is 11.8 Å². The van der Waals surface area contributed by atoms with E-state index in [1.165, 1.54) is 14.0 Å². The molecule has 9 heteroatoms. The molecule has 2 amide bonds. The number of aryl methyl sites for hydroxylation is 1. The Kier molecular flexibility index (Phi) is 6.41. The fourth-order valence-electron chi connectivity index (χ4n) is 1.41. The topological polar surface area (TPSA) is 113 Å². The molecule has 0 saturated heterocycles. The number of nitrogens with zero attached hydrogens (tertiary/aromatic N) is 2. The van der Waals surface area contributed by atoms with Crippen molar-refractivity contribution in [3.8, 4) is 0 Å². The lowest BCUT2D eigenvalue weighted by Crippen LogP contribution is -2.41. The van der Waals surface area contributed by atoms with Gasteiger partial charge in [0.15, 0.2) is 5.82 Å². The number of rotatable bonds is 7. The molecule has 2 unspecified atom stereocenters. The number of aliphatic carboxylic acids is 1. The third-order valence-corrected chi connectivity index (χ3v) is 4.16. The van der Waals surface area contributed by atoms with Crippen molar-refractivity contribution in [3.63, 3.8) is 0 Å². The van der Waals surface area contributed by atoms with E-state index in [1.807, 2.05) is 0 Å². The number of carboxylic acid groups (broad SMARTS) is 1. The average molecular weight is 329 g/mol. The summed E-state index contributed by atoms with van der Waals surface area (Å²) in [4.78, 5) is 35.7. The molecule has 0 saturated carbocycles. The summed E-state index contributed by atoms with van der Waals surface area (Å²) in [6, 6.07) is 0.679. The lowest BCUT2D eigenvalue weighted by atomic mass is 10.3. The van der Waals surface area contributed by atoms with Crippen molar-refractivity contribution < 1.29 is 24.0 Å². The Bertz CT molecular complexity index is 560. The van der Waals surface area contributed by atoms with Gasteiger partial charge in [-0.25, -0.2) is 4.79 Å². The zero-order valence-corrected chi connectivity index (χ0v) is 13.6. The number of anilines is 1. The molecule has 0 radical (unpaired) electrons. The summed E-state index contributed by atoms with van der Waals surface area (Å²) in [5.41, 5.74) is 0. The maximum absolute atomic E-state index is 11.9. The summed E-state index contributed by atoms with van der Waals surface area (Å²) in [7, 11) is 1.42. The quantitative estimate of drug-likeness (QED) is 0.766. The smallest absolute Gasteiger partial charge is 0.326 e. The van der Waals surface area contributed by atoms with Crippen molar-refractivity contribution in [2.45, 2.75) is 32.1 Å². The number of amides is 2. The number of thioether (sulfide) groups is 1. The van der Waals surface area contributed by atoms with Gasteiger partial charge in [0.2, 0.25) is 11.8 Å². The Morgan fingerprint density at radius 3 is 2.59 bits per heavy atom. The number of hydrogen-bond donors (Lipinski definition) is 2. The second-order valence-electron chi connectivity index (χ2n) is 4.78. The zero-order valence-electron chi connectivity index (χ0n) is 12.8. The molecule has 2 N–H and O–H groups in total. The molecule has 1 aromatic rings. The number of nitrogens with one attached hydrogen (secondary N) is 1. The van der Waals surface area contributed by atoms with Gasteiger partial charge in [0.25, 0.3) is 0 Å². The zero-order chi connectivity index (χ0) is 16.9. The number of carbonyl (C=O) groups excluding carboxylic acids is 2. The van der Waals surface area contributed by atoms with Gasteiger partial charge in [-0.1, -0.05) is 5.16 Å². The Morgan fingerprint density at radius 2 is 2.09 bits per heavy atom. The summed E-state index contributed by atoms with van der Waals surface area (Å²) < 4.78 is 4.84. The van der Waals surface area contributed by atoms with E-state index in [0.717, 1.165) is 16.7 Å². The maximum atomic E-state index is 11.9. The fourth-order valence-corrected chi connectivity index (χ4v) is 2.22. The van der Waals surface area contributed by atoms with Gasteiger partial charge >= 0.3 is 5.97 Å². The normalized spacial score (nSPS) is 13.3. The molecule has 1 rings (SSSR count). The third-order valence-electron chi connectivity index (χ3n) is 3.04. The Morgan fingerprint density at radius 1 is 1.45 bits per heavy atom. The Labute approximate surface area is 132 Å². The van der Waals surface area contributed by atoms with Crippen LogP contribution in [0.4, 0.5) is 5.82 Å². The molecule has 0 aliphatic rings. The Hall–Kier alpha value is -2.03. The minimum atomic E-state index is -1.08. The molecule has 0 aliphatic carbocycles. The molecule has 122 valence electrons. The van der Waals surface area contributed by atoms with E-state index in [0.29, 0.717) is 11.6 Å². The van der Waals surface area contributed by atoms with Crippen LogP contribution in [0.25, 0.3) is 0 Å². The molecule has 0 spiro atoms. The van der Waals surface area contributed by atoms with Gasteiger partial charge in [0, 0.05) is 13.1 Å². The predicted molar refractivity (Wildman–Crippen MR) is 81.7 cm³/mol. The average Bonchev–Trinajstić information content (AvgIpc) is 2.87. The van der Waals surface area contributed by atoms with Crippen molar-refractivity contribution in [2.24, 2.45) is 0 Å². The second-order valence-corrected chi connectivity index (χ2v) is 6.11. The monoisotopic (exact) mass is 329 g/mol. The molecule has 1 heterocycles. The molecule has 0 fully saturated rings. The first-order chi connectivity index (χ1) is 10.2. The Balaban J connectivity index is 2.44. The van der Waals surface area contributed by atoms with E-state index in [-0.39, 0.29) is 17.6 Å². The van der Waals surface area contributed by atoms with Crippen LogP contribution in [0.15, 0.2) is 10.6 Å². The van der Waals surface area contributed by atoms with E-state index in [2.05, 4.69) is 10.5 Å². The number of likely N-dealkylation sites (N-methyl/N-ethyl adjacent to an activating group) is 1. The van der Waals surface area contributed by atoms with Gasteiger partial charge in [0.1, 0.15) is 11.8 Å². The van der Waals surface area contributed by atoms with Crippen LogP contribution in [0.5, 0.6) is 0 Å². The number of aromatic nitrogens is 1. The van der Waals surface area contributed by atoms with Crippen LogP contribution in [0.3, 0.4) is 0 Å². The van der Waals surface area contributed by atoms with Gasteiger partial charge in [-0.3, -0.25) is 9.59 Å². The maximum Gasteiger partial charge on any atom is 0.326 e. The first-order valence-electron chi connectivity index (χ1n) is 6.56. The van der Waals surface area contributed by atoms with Crippen molar-refractivity contribution in [2.75, 3.05) is 18.1 Å². The number of carboxylic acids is 1. The van der Waals surface area contributed by atoms with Gasteiger partial charge in [-0.2, -0.15) is 0 Å². The predicted octanol–water partition coefficient (Wildman–Crippen LogP) is 0.975. The van der Waals surface area contributed by atoms with E-state index in [1.54, 1.807) is 19.9 Å². The lowest BCUT2D eigenvalue weighted by molar-refractivity contribution is -0.147. The minimum absolute atomic E-state index is 0.0144. The first-order valence-corrected chi connectivity index (χ1v) is 7.61. The highest BCUT2D eigenvalue weighted by Crippen LogP contribution is 2.15. The van der Waals surface area contributed by atoms with Crippen LogP contribution >= 0.6 is 11.8 Å². The van der Waals surface area contributed by atoms with Crippen LogP contribution < -0.4 is 5.32 Å². The third kappa shape index (κ3) is 5.06. The van der Waals surface area contributed by atoms with Crippen molar-refractivity contribution in [1.29, 1.82) is 0 Å². The van der Waals surface area contributed by atoms with E-state index >= 15 is 0 Å². The SMILES string of the molecule is Cc1cc(NC(=O)C(C)SCC(=O)N(C)C(C)C(=O)O)no1.